The summed E-state index contributed by atoms with van der Waals surface area (Å²) >= 11 is 0. The molecule has 0 bridgehead atoms. The fourth-order valence-electron chi connectivity index (χ4n) is 3.08. The maximum atomic E-state index is 6.04. The first-order valence-electron chi connectivity index (χ1n) is 6.19. The van der Waals surface area contributed by atoms with Gasteiger partial charge in [0.05, 0.1) is 12.2 Å². The van der Waals surface area contributed by atoms with E-state index in [4.69, 9.17) is 4.74 Å². The van der Waals surface area contributed by atoms with Gasteiger partial charge in [0.1, 0.15) is 0 Å². The fourth-order valence-corrected chi connectivity index (χ4v) is 3.08. The summed E-state index contributed by atoms with van der Waals surface area (Å²) < 4.78 is 6.04. The van der Waals surface area contributed by atoms with Crippen molar-refractivity contribution in [1.82, 2.24) is 5.32 Å². The van der Waals surface area contributed by atoms with Gasteiger partial charge in [-0.15, -0.1) is 0 Å². The minimum atomic E-state index is 0.231. The van der Waals surface area contributed by atoms with Gasteiger partial charge in [-0.1, -0.05) is 26.7 Å². The summed E-state index contributed by atoms with van der Waals surface area (Å²) in [6.45, 7) is 6.56. The molecule has 1 aliphatic carbocycles. The van der Waals surface area contributed by atoms with E-state index in [2.05, 4.69) is 19.2 Å². The Kier molecular flexibility index (Phi) is 3.13. The molecule has 0 aromatic carbocycles. The monoisotopic (exact) mass is 197 g/mol. The van der Waals surface area contributed by atoms with Gasteiger partial charge in [0.15, 0.2) is 0 Å². The van der Waals surface area contributed by atoms with E-state index in [1.165, 1.54) is 32.1 Å². The van der Waals surface area contributed by atoms with Crippen LogP contribution in [-0.4, -0.2) is 24.8 Å². The lowest BCUT2D eigenvalue weighted by Gasteiger charge is -2.53. The van der Waals surface area contributed by atoms with Crippen LogP contribution in [0, 0.1) is 5.92 Å². The molecule has 1 saturated carbocycles. The van der Waals surface area contributed by atoms with Crippen molar-refractivity contribution < 1.29 is 4.74 Å². The summed E-state index contributed by atoms with van der Waals surface area (Å²) in [5.74, 6) is 0.801. The molecule has 1 saturated heterocycles. The molecule has 1 heterocycles. The number of hydrogen-bond donors (Lipinski definition) is 1. The van der Waals surface area contributed by atoms with Crippen molar-refractivity contribution in [2.24, 2.45) is 5.92 Å². The number of hydrogen-bond acceptors (Lipinski definition) is 2. The highest BCUT2D eigenvalue weighted by atomic mass is 16.5. The van der Waals surface area contributed by atoms with Crippen LogP contribution in [0.5, 0.6) is 0 Å². The molecule has 0 aromatic heterocycles. The van der Waals surface area contributed by atoms with E-state index in [9.17, 15) is 0 Å². The van der Waals surface area contributed by atoms with Gasteiger partial charge in [-0.3, -0.25) is 0 Å². The lowest BCUT2D eigenvalue weighted by molar-refractivity contribution is -0.156. The van der Waals surface area contributed by atoms with Crippen LogP contribution in [0.4, 0.5) is 0 Å². The lowest BCUT2D eigenvalue weighted by Crippen LogP contribution is -2.64. The molecule has 2 fully saturated rings. The number of ether oxygens (including phenoxy) is 1. The van der Waals surface area contributed by atoms with E-state index >= 15 is 0 Å². The maximum absolute atomic E-state index is 6.04. The maximum Gasteiger partial charge on any atom is 0.0838 e. The summed E-state index contributed by atoms with van der Waals surface area (Å²) in [6.07, 6.45) is 6.47. The van der Waals surface area contributed by atoms with Gasteiger partial charge in [0, 0.05) is 12.6 Å². The molecule has 2 rings (SSSR count). The SMILES string of the molecule is CCC(CC)C1NCCOC12CCC2. The van der Waals surface area contributed by atoms with Crippen molar-refractivity contribution >= 4 is 0 Å². The van der Waals surface area contributed by atoms with Gasteiger partial charge in [0.2, 0.25) is 0 Å². The minimum Gasteiger partial charge on any atom is -0.372 e. The molecule has 2 nitrogen and oxygen atoms in total. The Labute approximate surface area is 87.4 Å². The summed E-state index contributed by atoms with van der Waals surface area (Å²) in [6, 6.07) is 0.625. The third-order valence-electron chi connectivity index (χ3n) is 4.14. The van der Waals surface area contributed by atoms with Crippen molar-refractivity contribution in [2.75, 3.05) is 13.2 Å². The number of rotatable bonds is 3. The average molecular weight is 197 g/mol. The highest BCUT2D eigenvalue weighted by molar-refractivity contribution is 5.03. The van der Waals surface area contributed by atoms with Gasteiger partial charge in [-0.05, 0) is 25.2 Å². The Morgan fingerprint density at radius 3 is 2.57 bits per heavy atom. The van der Waals surface area contributed by atoms with Crippen molar-refractivity contribution in [3.63, 3.8) is 0 Å². The Morgan fingerprint density at radius 1 is 1.36 bits per heavy atom. The van der Waals surface area contributed by atoms with E-state index in [1.807, 2.05) is 0 Å². The molecule has 1 unspecified atom stereocenters. The van der Waals surface area contributed by atoms with Crippen molar-refractivity contribution in [1.29, 1.82) is 0 Å². The summed E-state index contributed by atoms with van der Waals surface area (Å²) in [7, 11) is 0. The molecular weight excluding hydrogens is 174 g/mol. The summed E-state index contributed by atoms with van der Waals surface area (Å²) in [4.78, 5) is 0. The van der Waals surface area contributed by atoms with Crippen LogP contribution in [0.3, 0.4) is 0 Å². The van der Waals surface area contributed by atoms with Crippen LogP contribution in [0.2, 0.25) is 0 Å². The summed E-state index contributed by atoms with van der Waals surface area (Å²) in [5.41, 5.74) is 0.231. The zero-order valence-corrected chi connectivity index (χ0v) is 9.51. The van der Waals surface area contributed by atoms with Gasteiger partial charge in [0.25, 0.3) is 0 Å². The van der Waals surface area contributed by atoms with Crippen molar-refractivity contribution in [3.8, 4) is 0 Å². The average Bonchev–Trinajstić information content (AvgIpc) is 2.18. The highest BCUT2D eigenvalue weighted by Gasteiger charge is 2.48. The third kappa shape index (κ3) is 1.59. The predicted molar refractivity (Wildman–Crippen MR) is 58.4 cm³/mol. The van der Waals surface area contributed by atoms with E-state index in [0.29, 0.717) is 6.04 Å². The zero-order chi connectivity index (χ0) is 10.0. The molecule has 2 heteroatoms. The second kappa shape index (κ2) is 4.19. The topological polar surface area (TPSA) is 21.3 Å². The standard InChI is InChI=1S/C12H23NO/c1-3-10(4-2)11-12(6-5-7-12)14-9-8-13-11/h10-11,13H,3-9H2,1-2H3. The Morgan fingerprint density at radius 2 is 2.07 bits per heavy atom. The number of morpholine rings is 1. The largest absolute Gasteiger partial charge is 0.372 e. The highest BCUT2D eigenvalue weighted by Crippen LogP contribution is 2.43. The smallest absolute Gasteiger partial charge is 0.0838 e. The van der Waals surface area contributed by atoms with Gasteiger partial charge >= 0.3 is 0 Å². The molecule has 0 radical (unpaired) electrons. The third-order valence-corrected chi connectivity index (χ3v) is 4.14. The van der Waals surface area contributed by atoms with Crippen molar-refractivity contribution in [2.45, 2.75) is 57.6 Å². The zero-order valence-electron chi connectivity index (χ0n) is 9.51. The Bertz CT molecular complexity index is 185. The first-order valence-corrected chi connectivity index (χ1v) is 6.19. The molecular formula is C12H23NO. The quantitative estimate of drug-likeness (QED) is 0.750. The molecule has 1 aliphatic heterocycles. The molecule has 1 atom stereocenters. The van der Waals surface area contributed by atoms with Crippen LogP contribution >= 0.6 is 0 Å². The second-order valence-electron chi connectivity index (χ2n) is 4.78. The van der Waals surface area contributed by atoms with Crippen molar-refractivity contribution in [3.05, 3.63) is 0 Å². The normalized spacial score (nSPS) is 30.6. The first-order chi connectivity index (χ1) is 6.82. The van der Waals surface area contributed by atoms with E-state index in [1.54, 1.807) is 0 Å². The fraction of sp³-hybridized carbons (Fsp3) is 1.00. The molecule has 82 valence electrons. The molecule has 1 spiro atoms. The van der Waals surface area contributed by atoms with E-state index in [-0.39, 0.29) is 5.60 Å². The lowest BCUT2D eigenvalue weighted by atomic mass is 9.68. The second-order valence-corrected chi connectivity index (χ2v) is 4.78. The molecule has 14 heavy (non-hydrogen) atoms. The van der Waals surface area contributed by atoms with Crippen LogP contribution < -0.4 is 5.32 Å². The van der Waals surface area contributed by atoms with E-state index < -0.39 is 0 Å². The van der Waals surface area contributed by atoms with Gasteiger partial charge in [-0.25, -0.2) is 0 Å². The number of nitrogens with one attached hydrogen (secondary N) is 1. The van der Waals surface area contributed by atoms with Gasteiger partial charge in [-0.2, -0.15) is 0 Å². The predicted octanol–water partition coefficient (Wildman–Crippen LogP) is 2.33. The first kappa shape index (κ1) is 10.4. The van der Waals surface area contributed by atoms with Crippen LogP contribution in [0.25, 0.3) is 0 Å². The molecule has 0 aromatic rings. The summed E-state index contributed by atoms with van der Waals surface area (Å²) in [5, 5.41) is 3.69. The van der Waals surface area contributed by atoms with E-state index in [0.717, 1.165) is 19.1 Å². The Hall–Kier alpha value is -0.0800. The van der Waals surface area contributed by atoms with Crippen LogP contribution in [0.1, 0.15) is 46.0 Å². The molecule has 2 aliphatic rings. The van der Waals surface area contributed by atoms with Crippen LogP contribution in [0.15, 0.2) is 0 Å². The van der Waals surface area contributed by atoms with Gasteiger partial charge < -0.3 is 10.1 Å². The minimum absolute atomic E-state index is 0.231. The Balaban J connectivity index is 2.05. The van der Waals surface area contributed by atoms with Crippen LogP contribution in [-0.2, 0) is 4.74 Å². The molecule has 0 amide bonds. The molecule has 1 N–H and O–H groups in total.